The van der Waals surface area contributed by atoms with Gasteiger partial charge >= 0.3 is 0 Å². The van der Waals surface area contributed by atoms with Crippen LogP contribution in [-0.4, -0.2) is 48.2 Å². The van der Waals surface area contributed by atoms with Crippen molar-refractivity contribution in [3.63, 3.8) is 0 Å². The number of carbonyl (C=O) groups excluding carboxylic acids is 1. The van der Waals surface area contributed by atoms with Crippen molar-refractivity contribution in [2.24, 2.45) is 0 Å². The van der Waals surface area contributed by atoms with Crippen molar-refractivity contribution < 1.29 is 9.53 Å². The number of rotatable bonds is 4. The van der Waals surface area contributed by atoms with Gasteiger partial charge in [0.25, 0.3) is 5.91 Å². The standard InChI is InChI=1S/C16H30N2O2/c1-4-14-15(9-8-12(2)17-14)20-13(3)16(19)18-10-6-5-7-11-18/h12-15,17H,4-11H2,1-3H3. The maximum absolute atomic E-state index is 12.4. The number of hydrogen-bond donors (Lipinski definition) is 1. The summed E-state index contributed by atoms with van der Waals surface area (Å²) in [5, 5.41) is 3.59. The highest BCUT2D eigenvalue weighted by Crippen LogP contribution is 2.21. The highest BCUT2D eigenvalue weighted by atomic mass is 16.5. The van der Waals surface area contributed by atoms with Crippen LogP contribution in [0.1, 0.15) is 59.3 Å². The molecule has 4 heteroatoms. The zero-order chi connectivity index (χ0) is 14.5. The molecule has 0 aromatic carbocycles. The number of hydrogen-bond acceptors (Lipinski definition) is 3. The lowest BCUT2D eigenvalue weighted by molar-refractivity contribution is -0.149. The average molecular weight is 282 g/mol. The molecule has 20 heavy (non-hydrogen) atoms. The summed E-state index contributed by atoms with van der Waals surface area (Å²) in [5.41, 5.74) is 0. The van der Waals surface area contributed by atoms with E-state index in [1.807, 2.05) is 11.8 Å². The molecule has 0 radical (unpaired) electrons. The van der Waals surface area contributed by atoms with Gasteiger partial charge in [-0.15, -0.1) is 0 Å². The topological polar surface area (TPSA) is 41.6 Å². The summed E-state index contributed by atoms with van der Waals surface area (Å²) in [7, 11) is 0. The minimum absolute atomic E-state index is 0.179. The van der Waals surface area contributed by atoms with Gasteiger partial charge < -0.3 is 15.0 Å². The summed E-state index contributed by atoms with van der Waals surface area (Å²) in [5.74, 6) is 0.179. The van der Waals surface area contributed by atoms with Crippen LogP contribution in [0.15, 0.2) is 0 Å². The first kappa shape index (κ1) is 15.8. The molecule has 0 aromatic rings. The molecule has 0 aliphatic carbocycles. The molecule has 116 valence electrons. The molecule has 4 unspecified atom stereocenters. The molecule has 2 aliphatic rings. The van der Waals surface area contributed by atoms with Crippen LogP contribution in [0.5, 0.6) is 0 Å². The maximum Gasteiger partial charge on any atom is 0.251 e. The smallest absolute Gasteiger partial charge is 0.251 e. The van der Waals surface area contributed by atoms with Crippen molar-refractivity contribution in [1.82, 2.24) is 10.2 Å². The zero-order valence-corrected chi connectivity index (χ0v) is 13.2. The van der Waals surface area contributed by atoms with E-state index in [4.69, 9.17) is 4.74 Å². The van der Waals surface area contributed by atoms with Gasteiger partial charge in [0.2, 0.25) is 0 Å². The summed E-state index contributed by atoms with van der Waals surface area (Å²) in [6.45, 7) is 8.14. The fourth-order valence-corrected chi connectivity index (χ4v) is 3.41. The number of ether oxygens (including phenoxy) is 1. The Kier molecular flexibility index (Phi) is 5.85. The number of nitrogens with zero attached hydrogens (tertiary/aromatic N) is 1. The first-order valence-corrected chi connectivity index (χ1v) is 8.32. The monoisotopic (exact) mass is 282 g/mol. The third-order valence-electron chi connectivity index (χ3n) is 4.67. The minimum atomic E-state index is -0.303. The largest absolute Gasteiger partial charge is 0.364 e. The maximum atomic E-state index is 12.4. The van der Waals surface area contributed by atoms with Gasteiger partial charge in [0, 0.05) is 25.2 Å². The van der Waals surface area contributed by atoms with Crippen LogP contribution in [0.3, 0.4) is 0 Å². The summed E-state index contributed by atoms with van der Waals surface area (Å²) in [6, 6.07) is 0.947. The predicted octanol–water partition coefficient (Wildman–Crippen LogP) is 2.32. The van der Waals surface area contributed by atoms with E-state index in [-0.39, 0.29) is 18.1 Å². The zero-order valence-electron chi connectivity index (χ0n) is 13.2. The Hall–Kier alpha value is -0.610. The van der Waals surface area contributed by atoms with E-state index in [9.17, 15) is 4.79 Å². The van der Waals surface area contributed by atoms with E-state index in [0.29, 0.717) is 12.1 Å². The number of likely N-dealkylation sites (tertiary alicyclic amines) is 1. The van der Waals surface area contributed by atoms with Crippen molar-refractivity contribution in [3.05, 3.63) is 0 Å². The predicted molar refractivity (Wildman–Crippen MR) is 80.7 cm³/mol. The first-order chi connectivity index (χ1) is 9.61. The van der Waals surface area contributed by atoms with Gasteiger partial charge in [-0.25, -0.2) is 0 Å². The van der Waals surface area contributed by atoms with Gasteiger partial charge in [0.1, 0.15) is 6.10 Å². The third kappa shape index (κ3) is 3.95. The lowest BCUT2D eigenvalue weighted by Gasteiger charge is -2.38. The Morgan fingerprint density at radius 1 is 1.30 bits per heavy atom. The summed E-state index contributed by atoms with van der Waals surface area (Å²) >= 11 is 0. The van der Waals surface area contributed by atoms with Crippen LogP contribution in [0.4, 0.5) is 0 Å². The number of piperidine rings is 2. The summed E-state index contributed by atoms with van der Waals surface area (Å²) in [6.07, 6.45) is 6.65. The second-order valence-electron chi connectivity index (χ2n) is 6.36. The summed E-state index contributed by atoms with van der Waals surface area (Å²) in [4.78, 5) is 14.4. The molecule has 2 fully saturated rings. The van der Waals surface area contributed by atoms with Crippen LogP contribution in [0.2, 0.25) is 0 Å². The highest BCUT2D eigenvalue weighted by molar-refractivity contribution is 5.80. The van der Waals surface area contributed by atoms with E-state index < -0.39 is 0 Å². The van der Waals surface area contributed by atoms with Crippen molar-refractivity contribution in [2.75, 3.05) is 13.1 Å². The molecule has 2 rings (SSSR count). The van der Waals surface area contributed by atoms with Crippen LogP contribution < -0.4 is 5.32 Å². The molecule has 0 aromatic heterocycles. The molecule has 0 spiro atoms. The molecular formula is C16H30N2O2. The summed E-state index contributed by atoms with van der Waals surface area (Å²) < 4.78 is 6.10. The van der Waals surface area contributed by atoms with Gasteiger partial charge in [0.05, 0.1) is 6.10 Å². The van der Waals surface area contributed by atoms with E-state index >= 15 is 0 Å². The van der Waals surface area contributed by atoms with Crippen LogP contribution in [0.25, 0.3) is 0 Å². The molecule has 0 saturated carbocycles. The van der Waals surface area contributed by atoms with Gasteiger partial charge in [-0.05, 0) is 52.4 Å². The molecule has 1 amide bonds. The highest BCUT2D eigenvalue weighted by Gasteiger charge is 2.31. The van der Waals surface area contributed by atoms with E-state index in [1.165, 1.54) is 6.42 Å². The van der Waals surface area contributed by atoms with Crippen molar-refractivity contribution in [1.29, 1.82) is 0 Å². The molecule has 4 atom stereocenters. The average Bonchev–Trinajstić information content (AvgIpc) is 2.49. The van der Waals surface area contributed by atoms with Gasteiger partial charge in [-0.1, -0.05) is 6.92 Å². The van der Waals surface area contributed by atoms with Gasteiger partial charge in [-0.3, -0.25) is 4.79 Å². The van der Waals surface area contributed by atoms with Crippen molar-refractivity contribution >= 4 is 5.91 Å². The lowest BCUT2D eigenvalue weighted by Crippen LogP contribution is -2.52. The molecule has 1 N–H and O–H groups in total. The quantitative estimate of drug-likeness (QED) is 0.860. The SMILES string of the molecule is CCC1NC(C)CCC1OC(C)C(=O)N1CCCCC1. The minimum Gasteiger partial charge on any atom is -0.364 e. The molecule has 2 saturated heterocycles. The van der Waals surface area contributed by atoms with E-state index in [1.54, 1.807) is 0 Å². The Morgan fingerprint density at radius 2 is 2.00 bits per heavy atom. The Bertz CT molecular complexity index is 316. The Balaban J connectivity index is 1.86. The van der Waals surface area contributed by atoms with Crippen molar-refractivity contribution in [3.8, 4) is 0 Å². The second kappa shape index (κ2) is 7.41. The van der Waals surface area contributed by atoms with E-state index in [2.05, 4.69) is 19.2 Å². The molecule has 2 heterocycles. The van der Waals surface area contributed by atoms with E-state index in [0.717, 1.165) is 45.2 Å². The lowest BCUT2D eigenvalue weighted by atomic mass is 9.94. The number of amides is 1. The fourth-order valence-electron chi connectivity index (χ4n) is 3.41. The third-order valence-corrected chi connectivity index (χ3v) is 4.67. The molecule has 4 nitrogen and oxygen atoms in total. The van der Waals surface area contributed by atoms with Crippen LogP contribution >= 0.6 is 0 Å². The van der Waals surface area contributed by atoms with Crippen LogP contribution in [-0.2, 0) is 9.53 Å². The number of nitrogens with one attached hydrogen (secondary N) is 1. The van der Waals surface area contributed by atoms with Gasteiger partial charge in [0.15, 0.2) is 0 Å². The first-order valence-electron chi connectivity index (χ1n) is 8.32. The molecule has 0 bridgehead atoms. The normalized spacial score (nSPS) is 33.0. The van der Waals surface area contributed by atoms with Gasteiger partial charge in [-0.2, -0.15) is 0 Å². The van der Waals surface area contributed by atoms with Crippen LogP contribution in [0, 0.1) is 0 Å². The second-order valence-corrected chi connectivity index (χ2v) is 6.36. The Morgan fingerprint density at radius 3 is 2.65 bits per heavy atom. The molecule has 2 aliphatic heterocycles. The Labute approximate surface area is 123 Å². The fraction of sp³-hybridized carbons (Fsp3) is 0.938. The van der Waals surface area contributed by atoms with Crippen molar-refractivity contribution in [2.45, 2.75) is 83.6 Å². The molecular weight excluding hydrogens is 252 g/mol. The number of carbonyl (C=O) groups is 1.